The molecule has 0 spiro atoms. The van der Waals surface area contributed by atoms with Crippen LogP contribution in [0.4, 0.5) is 0 Å². The minimum Gasteiger partial charge on any atom is -0.396 e. The van der Waals surface area contributed by atoms with Crippen molar-refractivity contribution < 1.29 is 9.84 Å². The summed E-state index contributed by atoms with van der Waals surface area (Å²) in [6, 6.07) is 10.2. The van der Waals surface area contributed by atoms with Crippen LogP contribution in [-0.2, 0) is 11.3 Å². The second-order valence-electron chi connectivity index (χ2n) is 3.95. The molecule has 15 heavy (non-hydrogen) atoms. The molecule has 1 aliphatic carbocycles. The van der Waals surface area contributed by atoms with Gasteiger partial charge in [-0.05, 0) is 17.6 Å². The van der Waals surface area contributed by atoms with Gasteiger partial charge < -0.3 is 9.84 Å². The molecule has 2 rings (SSSR count). The van der Waals surface area contributed by atoms with E-state index in [4.69, 9.17) is 9.84 Å². The van der Waals surface area contributed by atoms with E-state index in [1.54, 1.807) is 0 Å². The molecule has 2 heteroatoms. The zero-order valence-corrected chi connectivity index (χ0v) is 8.73. The van der Waals surface area contributed by atoms with Crippen LogP contribution in [0.25, 0.3) is 0 Å². The Balaban J connectivity index is 1.68. The Morgan fingerprint density at radius 1 is 1.20 bits per heavy atom. The average molecular weight is 204 g/mol. The Hall–Kier alpha value is -1.12. The molecule has 0 unspecified atom stereocenters. The Bertz CT molecular complexity index is 330. The molecule has 80 valence electrons. The van der Waals surface area contributed by atoms with E-state index in [1.165, 1.54) is 11.1 Å². The minimum absolute atomic E-state index is 0.266. The van der Waals surface area contributed by atoms with Crippen molar-refractivity contribution in [3.05, 3.63) is 47.5 Å². The summed E-state index contributed by atoms with van der Waals surface area (Å²) >= 11 is 0. The topological polar surface area (TPSA) is 29.5 Å². The normalized spacial score (nSPS) is 19.5. The van der Waals surface area contributed by atoms with E-state index in [9.17, 15) is 0 Å². The zero-order valence-electron chi connectivity index (χ0n) is 8.73. The van der Waals surface area contributed by atoms with Gasteiger partial charge in [-0.25, -0.2) is 0 Å². The predicted octanol–water partition coefficient (Wildman–Crippen LogP) is 2.14. The molecule has 0 radical (unpaired) electrons. The number of aliphatic hydroxyl groups excluding tert-OH is 1. The van der Waals surface area contributed by atoms with E-state index < -0.39 is 0 Å². The van der Waals surface area contributed by atoms with Gasteiger partial charge in [-0.2, -0.15) is 0 Å². The number of hydrogen-bond acceptors (Lipinski definition) is 2. The van der Waals surface area contributed by atoms with Crippen molar-refractivity contribution >= 4 is 0 Å². The van der Waals surface area contributed by atoms with Crippen LogP contribution in [0.15, 0.2) is 42.0 Å². The summed E-state index contributed by atoms with van der Waals surface area (Å²) in [5.41, 5.74) is 2.51. The van der Waals surface area contributed by atoms with E-state index in [2.05, 4.69) is 18.2 Å². The second-order valence-corrected chi connectivity index (χ2v) is 3.95. The highest BCUT2D eigenvalue weighted by Gasteiger charge is 2.17. The fourth-order valence-electron chi connectivity index (χ4n) is 1.74. The van der Waals surface area contributed by atoms with Gasteiger partial charge in [0.15, 0.2) is 0 Å². The third-order valence-corrected chi connectivity index (χ3v) is 2.63. The maximum absolute atomic E-state index is 8.82. The van der Waals surface area contributed by atoms with Gasteiger partial charge in [-0.1, -0.05) is 36.4 Å². The molecule has 0 amide bonds. The van der Waals surface area contributed by atoms with Crippen molar-refractivity contribution in [3.63, 3.8) is 0 Å². The minimum atomic E-state index is 0.266. The highest BCUT2D eigenvalue weighted by atomic mass is 16.5. The van der Waals surface area contributed by atoms with Gasteiger partial charge in [0.25, 0.3) is 0 Å². The molecule has 1 N–H and O–H groups in total. The summed E-state index contributed by atoms with van der Waals surface area (Å²) in [5.74, 6) is 0.375. The molecule has 0 saturated carbocycles. The number of benzene rings is 1. The van der Waals surface area contributed by atoms with Gasteiger partial charge in [0.2, 0.25) is 0 Å². The smallest absolute Gasteiger partial charge is 0.0721 e. The number of ether oxygens (including phenoxy) is 1. The number of hydrogen-bond donors (Lipinski definition) is 1. The van der Waals surface area contributed by atoms with Crippen LogP contribution < -0.4 is 0 Å². The number of rotatable bonds is 5. The van der Waals surface area contributed by atoms with Gasteiger partial charge in [0.05, 0.1) is 13.2 Å². The quantitative estimate of drug-likeness (QED) is 0.745. The van der Waals surface area contributed by atoms with Crippen molar-refractivity contribution in [2.75, 3.05) is 13.2 Å². The Labute approximate surface area is 90.2 Å². The molecular formula is C13H16O2. The lowest BCUT2D eigenvalue weighted by atomic mass is 9.88. The van der Waals surface area contributed by atoms with Crippen LogP contribution in [-0.4, -0.2) is 18.3 Å². The first kappa shape index (κ1) is 10.4. The van der Waals surface area contributed by atoms with Crippen molar-refractivity contribution in [2.24, 2.45) is 5.92 Å². The van der Waals surface area contributed by atoms with Crippen LogP contribution in [0.5, 0.6) is 0 Å². The number of aliphatic hydroxyl groups is 1. The van der Waals surface area contributed by atoms with Crippen molar-refractivity contribution in [1.82, 2.24) is 0 Å². The van der Waals surface area contributed by atoms with E-state index in [-0.39, 0.29) is 6.61 Å². The first-order chi connectivity index (χ1) is 7.38. The molecule has 1 aromatic rings. The molecule has 0 aliphatic heterocycles. The largest absolute Gasteiger partial charge is 0.396 e. The lowest BCUT2D eigenvalue weighted by molar-refractivity contribution is 0.131. The molecule has 1 aliphatic rings. The van der Waals surface area contributed by atoms with Gasteiger partial charge in [-0.15, -0.1) is 0 Å². The molecule has 0 bridgehead atoms. The molecule has 0 fully saturated rings. The van der Waals surface area contributed by atoms with Crippen LogP contribution in [0, 0.1) is 5.92 Å². The molecule has 0 aromatic heterocycles. The third kappa shape index (κ3) is 2.91. The van der Waals surface area contributed by atoms with Crippen molar-refractivity contribution in [3.8, 4) is 0 Å². The Kier molecular flexibility index (Phi) is 3.54. The molecule has 0 saturated heterocycles. The van der Waals surface area contributed by atoms with Gasteiger partial charge in [0, 0.05) is 12.5 Å². The molecule has 0 heterocycles. The van der Waals surface area contributed by atoms with E-state index in [0.29, 0.717) is 19.1 Å². The lowest BCUT2D eigenvalue weighted by Crippen LogP contribution is -2.17. The van der Waals surface area contributed by atoms with E-state index >= 15 is 0 Å². The molecule has 2 nitrogen and oxygen atoms in total. The maximum Gasteiger partial charge on any atom is 0.0721 e. The molecular weight excluding hydrogens is 188 g/mol. The van der Waals surface area contributed by atoms with Gasteiger partial charge in [0.1, 0.15) is 0 Å². The van der Waals surface area contributed by atoms with Gasteiger partial charge >= 0.3 is 0 Å². The summed E-state index contributed by atoms with van der Waals surface area (Å²) in [4.78, 5) is 0. The van der Waals surface area contributed by atoms with Crippen LogP contribution in [0.1, 0.15) is 12.0 Å². The third-order valence-electron chi connectivity index (χ3n) is 2.63. The van der Waals surface area contributed by atoms with E-state index in [1.807, 2.05) is 18.2 Å². The van der Waals surface area contributed by atoms with Crippen LogP contribution in [0.3, 0.4) is 0 Å². The summed E-state index contributed by atoms with van der Waals surface area (Å²) in [5, 5.41) is 8.82. The highest BCUT2D eigenvalue weighted by molar-refractivity contribution is 5.18. The maximum atomic E-state index is 8.82. The predicted molar refractivity (Wildman–Crippen MR) is 59.4 cm³/mol. The fourth-order valence-corrected chi connectivity index (χ4v) is 1.74. The van der Waals surface area contributed by atoms with Crippen molar-refractivity contribution in [2.45, 2.75) is 13.0 Å². The monoisotopic (exact) mass is 204 g/mol. The summed E-state index contributed by atoms with van der Waals surface area (Å²) < 4.78 is 5.57. The lowest BCUT2D eigenvalue weighted by Gasteiger charge is -2.23. The zero-order chi connectivity index (χ0) is 10.5. The first-order valence-electron chi connectivity index (χ1n) is 5.30. The second kappa shape index (κ2) is 5.10. The highest BCUT2D eigenvalue weighted by Crippen LogP contribution is 2.25. The average Bonchev–Trinajstić information content (AvgIpc) is 2.23. The van der Waals surface area contributed by atoms with Crippen LogP contribution in [0.2, 0.25) is 0 Å². The summed E-state index contributed by atoms with van der Waals surface area (Å²) in [6.07, 6.45) is 3.09. The SMILES string of the molecule is OC[C@H]1C=C(COCc2ccccc2)C1. The summed E-state index contributed by atoms with van der Waals surface area (Å²) in [6.45, 7) is 1.63. The van der Waals surface area contributed by atoms with Gasteiger partial charge in [-0.3, -0.25) is 0 Å². The molecule has 1 atom stereocenters. The van der Waals surface area contributed by atoms with E-state index in [0.717, 1.165) is 6.42 Å². The first-order valence-corrected chi connectivity index (χ1v) is 5.30. The standard InChI is InChI=1S/C13H16O2/c14-8-12-6-13(7-12)10-15-9-11-4-2-1-3-5-11/h1-6,12,14H,7-10H2/t12-/m0/s1. The van der Waals surface area contributed by atoms with Crippen LogP contribution >= 0.6 is 0 Å². The van der Waals surface area contributed by atoms with Crippen molar-refractivity contribution in [1.29, 1.82) is 0 Å². The fraction of sp³-hybridized carbons (Fsp3) is 0.385. The summed E-state index contributed by atoms with van der Waals surface area (Å²) in [7, 11) is 0. The Morgan fingerprint density at radius 2 is 1.93 bits per heavy atom. The Morgan fingerprint density at radius 3 is 2.60 bits per heavy atom. The molecule has 1 aromatic carbocycles.